The van der Waals surface area contributed by atoms with Gasteiger partial charge in [0.05, 0.1) is 5.92 Å². The molecule has 0 aliphatic carbocycles. The summed E-state index contributed by atoms with van der Waals surface area (Å²) in [6, 6.07) is 6.44. The van der Waals surface area contributed by atoms with E-state index in [1.807, 2.05) is 0 Å². The molecule has 1 aromatic carbocycles. The summed E-state index contributed by atoms with van der Waals surface area (Å²) >= 11 is 0. The molecule has 1 unspecified atom stereocenters. The Morgan fingerprint density at radius 2 is 2.20 bits per heavy atom. The minimum atomic E-state index is -0.851. The van der Waals surface area contributed by atoms with Crippen LogP contribution in [0.3, 0.4) is 0 Å². The average molecular weight is 211 g/mol. The highest BCUT2D eigenvalue weighted by Gasteiger charge is 2.09. The first-order valence-corrected chi connectivity index (χ1v) is 4.78. The Balaban J connectivity index is 2.38. The predicted octanol–water partition coefficient (Wildman–Crippen LogP) is 1.64. The molecule has 1 rings (SSSR count). The summed E-state index contributed by atoms with van der Waals surface area (Å²) in [6.07, 6.45) is 0. The van der Waals surface area contributed by atoms with Crippen LogP contribution in [-0.4, -0.2) is 17.6 Å². The topological polar surface area (TPSA) is 49.3 Å². The van der Waals surface area contributed by atoms with E-state index < -0.39 is 11.9 Å². The van der Waals surface area contributed by atoms with Gasteiger partial charge < -0.3 is 10.4 Å². The maximum atomic E-state index is 13.1. The maximum absolute atomic E-state index is 13.1. The zero-order valence-corrected chi connectivity index (χ0v) is 8.53. The number of benzene rings is 1. The summed E-state index contributed by atoms with van der Waals surface area (Å²) in [4.78, 5) is 10.5. The maximum Gasteiger partial charge on any atom is 0.307 e. The van der Waals surface area contributed by atoms with Crippen LogP contribution in [0.5, 0.6) is 0 Å². The van der Waals surface area contributed by atoms with Gasteiger partial charge in [0, 0.05) is 18.7 Å². The molecule has 0 saturated heterocycles. The SMILES string of the molecule is CC(CNCc1ccccc1F)C(=O)O. The molecule has 0 amide bonds. The number of hydrogen-bond donors (Lipinski definition) is 2. The lowest BCUT2D eigenvalue weighted by Crippen LogP contribution is -2.26. The lowest BCUT2D eigenvalue weighted by Gasteiger charge is -2.08. The molecule has 0 aliphatic rings. The van der Waals surface area contributed by atoms with Gasteiger partial charge in [0.2, 0.25) is 0 Å². The summed E-state index contributed by atoms with van der Waals surface area (Å²) in [5.74, 6) is -1.58. The van der Waals surface area contributed by atoms with Crippen LogP contribution in [0, 0.1) is 11.7 Å². The number of carboxylic acid groups (broad SMARTS) is 1. The van der Waals surface area contributed by atoms with Gasteiger partial charge in [-0.1, -0.05) is 25.1 Å². The Bertz CT molecular complexity index is 341. The zero-order valence-electron chi connectivity index (χ0n) is 8.53. The summed E-state index contributed by atoms with van der Waals surface area (Å²) in [5, 5.41) is 11.5. The number of nitrogens with one attached hydrogen (secondary N) is 1. The van der Waals surface area contributed by atoms with Crippen LogP contribution in [0.1, 0.15) is 12.5 Å². The van der Waals surface area contributed by atoms with E-state index in [0.29, 0.717) is 18.7 Å². The molecule has 0 saturated carbocycles. The lowest BCUT2D eigenvalue weighted by atomic mass is 10.1. The molecule has 0 aromatic heterocycles. The van der Waals surface area contributed by atoms with Crippen molar-refractivity contribution in [1.82, 2.24) is 5.32 Å². The van der Waals surface area contributed by atoms with Gasteiger partial charge in [0.25, 0.3) is 0 Å². The van der Waals surface area contributed by atoms with Crippen molar-refractivity contribution in [3.63, 3.8) is 0 Å². The van der Waals surface area contributed by atoms with Crippen molar-refractivity contribution >= 4 is 5.97 Å². The fraction of sp³-hybridized carbons (Fsp3) is 0.364. The molecule has 0 radical (unpaired) electrons. The number of carbonyl (C=O) groups is 1. The van der Waals surface area contributed by atoms with Crippen molar-refractivity contribution in [3.8, 4) is 0 Å². The van der Waals surface area contributed by atoms with Gasteiger partial charge in [-0.25, -0.2) is 4.39 Å². The number of carboxylic acids is 1. The Morgan fingerprint density at radius 3 is 2.80 bits per heavy atom. The van der Waals surface area contributed by atoms with Crippen molar-refractivity contribution in [1.29, 1.82) is 0 Å². The molecule has 4 heteroatoms. The highest BCUT2D eigenvalue weighted by Crippen LogP contribution is 2.05. The third-order valence-corrected chi connectivity index (χ3v) is 2.15. The van der Waals surface area contributed by atoms with Gasteiger partial charge in [-0.15, -0.1) is 0 Å². The normalized spacial score (nSPS) is 12.4. The van der Waals surface area contributed by atoms with Crippen LogP contribution in [0.2, 0.25) is 0 Å². The molecule has 82 valence electrons. The van der Waals surface area contributed by atoms with Crippen molar-refractivity contribution < 1.29 is 14.3 Å². The van der Waals surface area contributed by atoms with E-state index in [9.17, 15) is 9.18 Å². The average Bonchev–Trinajstić information content (AvgIpc) is 2.20. The first kappa shape index (κ1) is 11.7. The van der Waals surface area contributed by atoms with Gasteiger partial charge >= 0.3 is 5.97 Å². The standard InChI is InChI=1S/C11H14FNO2/c1-8(11(14)15)6-13-7-9-4-2-3-5-10(9)12/h2-5,8,13H,6-7H2,1H3,(H,14,15). The first-order valence-electron chi connectivity index (χ1n) is 4.78. The highest BCUT2D eigenvalue weighted by molar-refractivity contribution is 5.69. The molecule has 0 aliphatic heterocycles. The molecule has 1 atom stereocenters. The third kappa shape index (κ3) is 3.67. The molecule has 0 fully saturated rings. The monoisotopic (exact) mass is 211 g/mol. The van der Waals surface area contributed by atoms with Crippen LogP contribution < -0.4 is 5.32 Å². The molecule has 0 bridgehead atoms. The van der Waals surface area contributed by atoms with Crippen molar-refractivity contribution in [2.75, 3.05) is 6.54 Å². The van der Waals surface area contributed by atoms with E-state index in [2.05, 4.69) is 5.32 Å². The number of rotatable bonds is 5. The Hall–Kier alpha value is -1.42. The molecule has 0 heterocycles. The second kappa shape index (κ2) is 5.46. The van der Waals surface area contributed by atoms with E-state index >= 15 is 0 Å². The molecule has 3 nitrogen and oxygen atoms in total. The van der Waals surface area contributed by atoms with Crippen molar-refractivity contribution in [3.05, 3.63) is 35.6 Å². The van der Waals surface area contributed by atoms with Crippen LogP contribution >= 0.6 is 0 Å². The molecule has 1 aromatic rings. The minimum Gasteiger partial charge on any atom is -0.481 e. The molecule has 2 N–H and O–H groups in total. The van der Waals surface area contributed by atoms with Gasteiger partial charge in [-0.3, -0.25) is 4.79 Å². The van der Waals surface area contributed by atoms with E-state index in [-0.39, 0.29) is 5.82 Å². The van der Waals surface area contributed by atoms with Crippen LogP contribution in [0.4, 0.5) is 4.39 Å². The predicted molar refractivity (Wildman–Crippen MR) is 54.9 cm³/mol. The smallest absolute Gasteiger partial charge is 0.307 e. The van der Waals surface area contributed by atoms with Gasteiger partial charge in [0.15, 0.2) is 0 Å². The van der Waals surface area contributed by atoms with E-state index in [1.165, 1.54) is 6.07 Å². The molecule has 0 spiro atoms. The summed E-state index contributed by atoms with van der Waals surface area (Å²) < 4.78 is 13.1. The minimum absolute atomic E-state index is 0.270. The Morgan fingerprint density at radius 1 is 1.53 bits per heavy atom. The number of aliphatic carboxylic acids is 1. The third-order valence-electron chi connectivity index (χ3n) is 2.15. The van der Waals surface area contributed by atoms with Crippen molar-refractivity contribution in [2.45, 2.75) is 13.5 Å². The zero-order chi connectivity index (χ0) is 11.3. The van der Waals surface area contributed by atoms with Crippen LogP contribution in [0.15, 0.2) is 24.3 Å². The number of hydrogen-bond acceptors (Lipinski definition) is 2. The highest BCUT2D eigenvalue weighted by atomic mass is 19.1. The van der Waals surface area contributed by atoms with E-state index in [4.69, 9.17) is 5.11 Å². The lowest BCUT2D eigenvalue weighted by molar-refractivity contribution is -0.140. The molecular weight excluding hydrogens is 197 g/mol. The Kier molecular flexibility index (Phi) is 4.24. The summed E-state index contributed by atoms with van der Waals surface area (Å²) in [5.41, 5.74) is 0.551. The fourth-order valence-electron chi connectivity index (χ4n) is 1.15. The van der Waals surface area contributed by atoms with Crippen molar-refractivity contribution in [2.24, 2.45) is 5.92 Å². The second-order valence-corrected chi connectivity index (χ2v) is 3.46. The van der Waals surface area contributed by atoms with Gasteiger partial charge in [-0.05, 0) is 6.07 Å². The van der Waals surface area contributed by atoms with Gasteiger partial charge in [-0.2, -0.15) is 0 Å². The summed E-state index contributed by atoms with van der Waals surface area (Å²) in [6.45, 7) is 2.30. The van der Waals surface area contributed by atoms with E-state index in [1.54, 1.807) is 25.1 Å². The van der Waals surface area contributed by atoms with Crippen LogP contribution in [0.25, 0.3) is 0 Å². The summed E-state index contributed by atoms with van der Waals surface area (Å²) in [7, 11) is 0. The number of halogens is 1. The van der Waals surface area contributed by atoms with Gasteiger partial charge in [0.1, 0.15) is 5.82 Å². The Labute approximate surface area is 87.9 Å². The largest absolute Gasteiger partial charge is 0.481 e. The quantitative estimate of drug-likeness (QED) is 0.778. The second-order valence-electron chi connectivity index (χ2n) is 3.46. The van der Waals surface area contributed by atoms with Crippen LogP contribution in [-0.2, 0) is 11.3 Å². The molecule has 15 heavy (non-hydrogen) atoms. The molecular formula is C11H14FNO2. The first-order chi connectivity index (χ1) is 7.11. The van der Waals surface area contributed by atoms with E-state index in [0.717, 1.165) is 0 Å². The fourth-order valence-corrected chi connectivity index (χ4v) is 1.15.